The highest BCUT2D eigenvalue weighted by atomic mass is 35.5. The van der Waals surface area contributed by atoms with Gasteiger partial charge in [-0.05, 0) is 42.3 Å². The molecule has 0 radical (unpaired) electrons. The van der Waals surface area contributed by atoms with Gasteiger partial charge in [0.25, 0.3) is 0 Å². The molecule has 0 bridgehead atoms. The molecule has 20 heavy (non-hydrogen) atoms. The van der Waals surface area contributed by atoms with E-state index in [4.69, 9.17) is 22.2 Å². The average molecular weight is 295 g/mol. The number of hydrazine groups is 1. The van der Waals surface area contributed by atoms with Crippen molar-refractivity contribution in [3.05, 3.63) is 64.9 Å². The van der Waals surface area contributed by atoms with E-state index in [-0.39, 0.29) is 11.9 Å². The van der Waals surface area contributed by atoms with Crippen LogP contribution in [0.15, 0.2) is 48.5 Å². The number of nitrogens with two attached hydrogens (primary N) is 1. The number of halogens is 2. The topological polar surface area (TPSA) is 47.3 Å². The molecule has 3 N–H and O–H groups in total. The van der Waals surface area contributed by atoms with Crippen LogP contribution in [0.1, 0.15) is 5.56 Å². The number of hydrogen-bond acceptors (Lipinski definition) is 3. The van der Waals surface area contributed by atoms with Crippen LogP contribution in [0.5, 0.6) is 5.75 Å². The number of ether oxygens (including phenoxy) is 1. The van der Waals surface area contributed by atoms with Crippen molar-refractivity contribution in [1.29, 1.82) is 0 Å². The Morgan fingerprint density at radius 2 is 1.95 bits per heavy atom. The van der Waals surface area contributed by atoms with Crippen LogP contribution in [0.3, 0.4) is 0 Å². The Hall–Kier alpha value is -1.62. The standard InChI is InChI=1S/C15H16ClFN2O/c16-12-2-1-3-15(9-12)20-10-14(19-18)8-11-4-6-13(17)7-5-11/h1-7,9,14,19H,8,10,18H2. The lowest BCUT2D eigenvalue weighted by Gasteiger charge is -2.17. The van der Waals surface area contributed by atoms with Gasteiger partial charge in [-0.15, -0.1) is 0 Å². The summed E-state index contributed by atoms with van der Waals surface area (Å²) in [4.78, 5) is 0. The summed E-state index contributed by atoms with van der Waals surface area (Å²) in [6.45, 7) is 0.397. The van der Waals surface area contributed by atoms with Crippen molar-refractivity contribution in [2.24, 2.45) is 5.84 Å². The van der Waals surface area contributed by atoms with E-state index in [1.54, 1.807) is 24.3 Å². The smallest absolute Gasteiger partial charge is 0.123 e. The Morgan fingerprint density at radius 1 is 1.20 bits per heavy atom. The van der Waals surface area contributed by atoms with E-state index in [1.165, 1.54) is 12.1 Å². The first-order chi connectivity index (χ1) is 9.67. The molecule has 2 rings (SSSR count). The molecule has 2 aromatic rings. The van der Waals surface area contributed by atoms with Crippen LogP contribution < -0.4 is 16.0 Å². The molecule has 0 fully saturated rings. The van der Waals surface area contributed by atoms with Crippen LogP contribution in [0.4, 0.5) is 4.39 Å². The quantitative estimate of drug-likeness (QED) is 0.636. The molecular weight excluding hydrogens is 279 g/mol. The first-order valence-corrected chi connectivity index (χ1v) is 6.64. The lowest BCUT2D eigenvalue weighted by molar-refractivity contribution is 0.264. The van der Waals surface area contributed by atoms with Crippen molar-refractivity contribution in [2.45, 2.75) is 12.5 Å². The Kier molecular flexibility index (Phi) is 5.35. The second-order valence-electron chi connectivity index (χ2n) is 4.46. The van der Waals surface area contributed by atoms with Crippen LogP contribution in [0, 0.1) is 5.82 Å². The van der Waals surface area contributed by atoms with Gasteiger partial charge in [0.2, 0.25) is 0 Å². The molecule has 0 amide bonds. The Morgan fingerprint density at radius 3 is 2.60 bits per heavy atom. The third-order valence-electron chi connectivity index (χ3n) is 2.88. The minimum atomic E-state index is -0.249. The lowest BCUT2D eigenvalue weighted by Crippen LogP contribution is -2.41. The van der Waals surface area contributed by atoms with E-state index < -0.39 is 0 Å². The predicted octanol–water partition coefficient (Wildman–Crippen LogP) is 2.93. The Bertz CT molecular complexity index is 548. The molecule has 0 aromatic heterocycles. The summed E-state index contributed by atoms with van der Waals surface area (Å²) in [5.74, 6) is 5.96. The van der Waals surface area contributed by atoms with E-state index in [0.717, 1.165) is 5.56 Å². The third-order valence-corrected chi connectivity index (χ3v) is 3.11. The largest absolute Gasteiger partial charge is 0.492 e. The highest BCUT2D eigenvalue weighted by Crippen LogP contribution is 2.17. The van der Waals surface area contributed by atoms with Crippen LogP contribution in [0.2, 0.25) is 5.02 Å². The molecule has 3 nitrogen and oxygen atoms in total. The highest BCUT2D eigenvalue weighted by Gasteiger charge is 2.09. The van der Waals surface area contributed by atoms with Gasteiger partial charge in [-0.1, -0.05) is 29.8 Å². The summed E-state index contributed by atoms with van der Waals surface area (Å²) in [7, 11) is 0. The minimum absolute atomic E-state index is 0.0700. The third kappa shape index (κ3) is 4.49. The van der Waals surface area contributed by atoms with Gasteiger partial charge < -0.3 is 4.74 Å². The summed E-state index contributed by atoms with van der Waals surface area (Å²) in [6, 6.07) is 13.4. The number of benzene rings is 2. The molecular formula is C15H16ClFN2O. The fourth-order valence-corrected chi connectivity index (χ4v) is 2.00. The molecule has 0 saturated heterocycles. The van der Waals surface area contributed by atoms with Gasteiger partial charge in [0, 0.05) is 5.02 Å². The van der Waals surface area contributed by atoms with Gasteiger partial charge in [-0.25, -0.2) is 4.39 Å². The van der Waals surface area contributed by atoms with Crippen molar-refractivity contribution in [3.8, 4) is 5.75 Å². The monoisotopic (exact) mass is 294 g/mol. The SMILES string of the molecule is NNC(COc1cccc(Cl)c1)Cc1ccc(F)cc1. The molecule has 5 heteroatoms. The van der Waals surface area contributed by atoms with Gasteiger partial charge in [-0.2, -0.15) is 0 Å². The van der Waals surface area contributed by atoms with E-state index in [9.17, 15) is 4.39 Å². The lowest BCUT2D eigenvalue weighted by atomic mass is 10.1. The maximum atomic E-state index is 12.8. The zero-order valence-electron chi connectivity index (χ0n) is 10.9. The number of nitrogens with one attached hydrogen (secondary N) is 1. The van der Waals surface area contributed by atoms with Crippen molar-refractivity contribution >= 4 is 11.6 Å². The maximum Gasteiger partial charge on any atom is 0.123 e. The molecule has 106 valence electrons. The molecule has 1 atom stereocenters. The van der Waals surface area contributed by atoms with Crippen molar-refractivity contribution in [1.82, 2.24) is 5.43 Å². The number of hydrogen-bond donors (Lipinski definition) is 2. The fraction of sp³-hybridized carbons (Fsp3) is 0.200. The van der Waals surface area contributed by atoms with Crippen LogP contribution >= 0.6 is 11.6 Å². The summed E-state index contributed by atoms with van der Waals surface area (Å²) >= 11 is 5.88. The van der Waals surface area contributed by atoms with E-state index in [1.807, 2.05) is 12.1 Å². The maximum absolute atomic E-state index is 12.8. The molecule has 1 unspecified atom stereocenters. The molecule has 0 aliphatic rings. The van der Waals surface area contributed by atoms with Crippen LogP contribution in [-0.2, 0) is 6.42 Å². The molecule has 0 aliphatic carbocycles. The van der Waals surface area contributed by atoms with Crippen LogP contribution in [0.25, 0.3) is 0 Å². The van der Waals surface area contributed by atoms with Gasteiger partial charge in [0.05, 0.1) is 6.04 Å². The molecule has 0 aliphatic heterocycles. The van der Waals surface area contributed by atoms with E-state index in [2.05, 4.69) is 5.43 Å². The minimum Gasteiger partial charge on any atom is -0.492 e. The normalized spacial score (nSPS) is 12.2. The highest BCUT2D eigenvalue weighted by molar-refractivity contribution is 6.30. The summed E-state index contributed by atoms with van der Waals surface area (Å²) in [5.41, 5.74) is 3.69. The molecule has 0 spiro atoms. The van der Waals surface area contributed by atoms with Gasteiger partial charge in [0.1, 0.15) is 18.2 Å². The van der Waals surface area contributed by atoms with Gasteiger partial charge >= 0.3 is 0 Å². The second-order valence-corrected chi connectivity index (χ2v) is 4.90. The van der Waals surface area contributed by atoms with Gasteiger partial charge in [0.15, 0.2) is 0 Å². The van der Waals surface area contributed by atoms with E-state index in [0.29, 0.717) is 23.8 Å². The van der Waals surface area contributed by atoms with Crippen molar-refractivity contribution in [3.63, 3.8) is 0 Å². The first-order valence-electron chi connectivity index (χ1n) is 6.26. The van der Waals surface area contributed by atoms with E-state index >= 15 is 0 Å². The first kappa shape index (κ1) is 14.8. The zero-order chi connectivity index (χ0) is 14.4. The summed E-state index contributed by atoms with van der Waals surface area (Å²) < 4.78 is 18.5. The fourth-order valence-electron chi connectivity index (χ4n) is 1.82. The molecule has 2 aromatic carbocycles. The number of rotatable bonds is 6. The summed E-state index contributed by atoms with van der Waals surface area (Å²) in [5, 5.41) is 0.623. The Balaban J connectivity index is 1.90. The Labute approximate surface area is 122 Å². The zero-order valence-corrected chi connectivity index (χ0v) is 11.6. The second kappa shape index (κ2) is 7.24. The van der Waals surface area contributed by atoms with Gasteiger partial charge in [-0.3, -0.25) is 11.3 Å². The summed E-state index contributed by atoms with van der Waals surface area (Å²) in [6.07, 6.45) is 0.650. The van der Waals surface area contributed by atoms with Crippen molar-refractivity contribution in [2.75, 3.05) is 6.61 Å². The predicted molar refractivity (Wildman–Crippen MR) is 78.2 cm³/mol. The van der Waals surface area contributed by atoms with Crippen molar-refractivity contribution < 1.29 is 9.13 Å². The van der Waals surface area contributed by atoms with Crippen LogP contribution in [-0.4, -0.2) is 12.6 Å². The molecule has 0 saturated carbocycles. The molecule has 0 heterocycles. The average Bonchev–Trinajstić information content (AvgIpc) is 2.45.